The fraction of sp³-hybridized carbons (Fsp3) is 0.429. The van der Waals surface area contributed by atoms with E-state index in [0.29, 0.717) is 18.9 Å². The van der Waals surface area contributed by atoms with E-state index >= 15 is 0 Å². The van der Waals surface area contributed by atoms with Gasteiger partial charge in [-0.25, -0.2) is 9.18 Å². The van der Waals surface area contributed by atoms with Crippen LogP contribution in [-0.4, -0.2) is 23.7 Å². The van der Waals surface area contributed by atoms with Gasteiger partial charge in [0.1, 0.15) is 11.9 Å². The summed E-state index contributed by atoms with van der Waals surface area (Å²) in [5.41, 5.74) is 0.497. The van der Waals surface area contributed by atoms with Crippen LogP contribution in [0.4, 0.5) is 10.1 Å². The van der Waals surface area contributed by atoms with Crippen molar-refractivity contribution in [2.24, 2.45) is 5.92 Å². The molecule has 1 heterocycles. The van der Waals surface area contributed by atoms with Crippen LogP contribution < -0.4 is 4.90 Å². The molecule has 1 aromatic rings. The summed E-state index contributed by atoms with van der Waals surface area (Å²) in [4.78, 5) is 12.9. The first-order valence-corrected chi connectivity index (χ1v) is 6.22. The van der Waals surface area contributed by atoms with Crippen molar-refractivity contribution in [3.05, 3.63) is 29.6 Å². The lowest BCUT2D eigenvalue weighted by atomic mass is 9.92. The predicted octanol–water partition coefficient (Wildman–Crippen LogP) is 2.39. The van der Waals surface area contributed by atoms with Gasteiger partial charge in [0.25, 0.3) is 0 Å². The number of carboxylic acid groups (broad SMARTS) is 1. The van der Waals surface area contributed by atoms with E-state index in [2.05, 4.69) is 0 Å². The van der Waals surface area contributed by atoms with E-state index in [1.807, 2.05) is 13.0 Å². The molecule has 1 saturated heterocycles. The van der Waals surface area contributed by atoms with E-state index in [1.165, 1.54) is 12.1 Å². The van der Waals surface area contributed by atoms with Gasteiger partial charge in [-0.15, -0.1) is 0 Å². The molecule has 0 saturated carbocycles. The number of piperidine rings is 1. The fourth-order valence-corrected chi connectivity index (χ4v) is 2.47. The molecule has 0 aromatic heterocycles. The normalized spacial score (nSPS) is 22.9. The third-order valence-corrected chi connectivity index (χ3v) is 3.54. The van der Waals surface area contributed by atoms with Crippen molar-refractivity contribution in [3.63, 3.8) is 0 Å². The molecule has 2 atom stereocenters. The quantitative estimate of drug-likeness (QED) is 0.888. The van der Waals surface area contributed by atoms with Crippen molar-refractivity contribution in [2.45, 2.75) is 25.8 Å². The molecule has 0 bridgehead atoms. The second-order valence-corrected chi connectivity index (χ2v) is 4.95. The van der Waals surface area contributed by atoms with Crippen LogP contribution in [-0.2, 0) is 4.79 Å². The summed E-state index contributed by atoms with van der Waals surface area (Å²) in [6.07, 6.45) is 1.35. The molecule has 1 aliphatic heterocycles. The Bertz CT molecular complexity index is 539. The van der Waals surface area contributed by atoms with Gasteiger partial charge in [0, 0.05) is 6.54 Å². The summed E-state index contributed by atoms with van der Waals surface area (Å²) in [7, 11) is 0. The van der Waals surface area contributed by atoms with E-state index < -0.39 is 17.8 Å². The summed E-state index contributed by atoms with van der Waals surface area (Å²) in [6.45, 7) is 2.52. The minimum atomic E-state index is -0.935. The van der Waals surface area contributed by atoms with Crippen LogP contribution in [0.25, 0.3) is 0 Å². The summed E-state index contributed by atoms with van der Waals surface area (Å²) in [5, 5.41) is 18.0. The zero-order valence-electron chi connectivity index (χ0n) is 10.6. The van der Waals surface area contributed by atoms with Gasteiger partial charge in [-0.1, -0.05) is 6.92 Å². The molecule has 100 valence electrons. The van der Waals surface area contributed by atoms with Gasteiger partial charge >= 0.3 is 5.97 Å². The van der Waals surface area contributed by atoms with Crippen LogP contribution in [0, 0.1) is 23.1 Å². The molecule has 2 unspecified atom stereocenters. The molecule has 2 rings (SSSR count). The van der Waals surface area contributed by atoms with Gasteiger partial charge in [-0.05, 0) is 37.0 Å². The lowest BCUT2D eigenvalue weighted by Crippen LogP contribution is -2.47. The molecular formula is C14H15FN2O2. The highest BCUT2D eigenvalue weighted by Crippen LogP contribution is 2.30. The van der Waals surface area contributed by atoms with Crippen LogP contribution in [0.15, 0.2) is 18.2 Å². The molecule has 0 aliphatic carbocycles. The predicted molar refractivity (Wildman–Crippen MR) is 68.3 cm³/mol. The first-order valence-electron chi connectivity index (χ1n) is 6.22. The summed E-state index contributed by atoms with van der Waals surface area (Å²) in [5.74, 6) is -1.16. The molecule has 0 radical (unpaired) electrons. The first-order chi connectivity index (χ1) is 9.02. The Hall–Kier alpha value is -2.09. The Labute approximate surface area is 111 Å². The van der Waals surface area contributed by atoms with E-state index in [1.54, 1.807) is 4.90 Å². The Kier molecular flexibility index (Phi) is 3.70. The number of carbonyl (C=O) groups is 1. The van der Waals surface area contributed by atoms with Gasteiger partial charge in [0.15, 0.2) is 0 Å². The number of nitriles is 1. The minimum absolute atomic E-state index is 0.235. The van der Waals surface area contributed by atoms with Crippen molar-refractivity contribution in [2.75, 3.05) is 11.4 Å². The molecule has 1 aromatic carbocycles. The lowest BCUT2D eigenvalue weighted by molar-refractivity contribution is -0.139. The number of hydrogen-bond donors (Lipinski definition) is 1. The number of halogens is 1. The Morgan fingerprint density at radius 1 is 1.58 bits per heavy atom. The van der Waals surface area contributed by atoms with E-state index in [-0.39, 0.29) is 11.3 Å². The molecule has 0 spiro atoms. The average Bonchev–Trinajstić information content (AvgIpc) is 2.39. The van der Waals surface area contributed by atoms with Crippen molar-refractivity contribution < 1.29 is 14.3 Å². The number of benzene rings is 1. The summed E-state index contributed by atoms with van der Waals surface area (Å²) < 4.78 is 14.0. The van der Waals surface area contributed by atoms with Crippen molar-refractivity contribution in [1.29, 1.82) is 5.26 Å². The van der Waals surface area contributed by atoms with Gasteiger partial charge in [-0.2, -0.15) is 5.26 Å². The first kappa shape index (κ1) is 13.3. The number of carboxylic acids is 1. The molecule has 19 heavy (non-hydrogen) atoms. The zero-order chi connectivity index (χ0) is 14.0. The van der Waals surface area contributed by atoms with Crippen LogP contribution >= 0.6 is 0 Å². The molecule has 5 heteroatoms. The van der Waals surface area contributed by atoms with E-state index in [4.69, 9.17) is 5.26 Å². The van der Waals surface area contributed by atoms with Gasteiger partial charge in [0.05, 0.1) is 17.3 Å². The molecule has 1 aliphatic rings. The van der Waals surface area contributed by atoms with Crippen molar-refractivity contribution in [3.8, 4) is 6.07 Å². The SMILES string of the molecule is CC1CCN(c2ccc(C#N)cc2F)C(C(=O)O)C1. The maximum Gasteiger partial charge on any atom is 0.326 e. The van der Waals surface area contributed by atoms with Crippen LogP contribution in [0.5, 0.6) is 0 Å². The van der Waals surface area contributed by atoms with E-state index in [9.17, 15) is 14.3 Å². The second-order valence-electron chi connectivity index (χ2n) is 4.95. The maximum atomic E-state index is 14.0. The average molecular weight is 262 g/mol. The van der Waals surface area contributed by atoms with Crippen LogP contribution in [0.3, 0.4) is 0 Å². The third kappa shape index (κ3) is 2.68. The third-order valence-electron chi connectivity index (χ3n) is 3.54. The van der Waals surface area contributed by atoms with Crippen molar-refractivity contribution >= 4 is 11.7 Å². The van der Waals surface area contributed by atoms with Crippen molar-refractivity contribution in [1.82, 2.24) is 0 Å². The molecule has 1 N–H and O–H groups in total. The number of rotatable bonds is 2. The summed E-state index contributed by atoms with van der Waals surface area (Å²) >= 11 is 0. The molecular weight excluding hydrogens is 247 g/mol. The number of hydrogen-bond acceptors (Lipinski definition) is 3. The number of anilines is 1. The van der Waals surface area contributed by atoms with Crippen LogP contribution in [0.1, 0.15) is 25.3 Å². The smallest absolute Gasteiger partial charge is 0.326 e. The largest absolute Gasteiger partial charge is 0.480 e. The highest BCUT2D eigenvalue weighted by molar-refractivity contribution is 5.78. The Morgan fingerprint density at radius 3 is 2.89 bits per heavy atom. The van der Waals surface area contributed by atoms with Gasteiger partial charge in [0.2, 0.25) is 0 Å². The Morgan fingerprint density at radius 2 is 2.32 bits per heavy atom. The number of aliphatic carboxylic acids is 1. The molecule has 4 nitrogen and oxygen atoms in total. The number of nitrogens with zero attached hydrogens (tertiary/aromatic N) is 2. The highest BCUT2D eigenvalue weighted by Gasteiger charge is 2.33. The van der Waals surface area contributed by atoms with Gasteiger partial charge < -0.3 is 10.0 Å². The van der Waals surface area contributed by atoms with Crippen LogP contribution in [0.2, 0.25) is 0 Å². The zero-order valence-corrected chi connectivity index (χ0v) is 10.6. The second kappa shape index (κ2) is 5.27. The highest BCUT2D eigenvalue weighted by atomic mass is 19.1. The monoisotopic (exact) mass is 262 g/mol. The Balaban J connectivity index is 2.34. The lowest BCUT2D eigenvalue weighted by Gasteiger charge is -2.37. The topological polar surface area (TPSA) is 64.3 Å². The summed E-state index contributed by atoms with van der Waals surface area (Å²) in [6, 6.07) is 5.30. The minimum Gasteiger partial charge on any atom is -0.480 e. The maximum absolute atomic E-state index is 14.0. The van der Waals surface area contributed by atoms with Gasteiger partial charge in [-0.3, -0.25) is 0 Å². The van der Waals surface area contributed by atoms with E-state index in [0.717, 1.165) is 12.5 Å². The molecule has 1 fully saturated rings. The molecule has 0 amide bonds. The fourth-order valence-electron chi connectivity index (χ4n) is 2.47. The standard InChI is InChI=1S/C14H15FN2O2/c1-9-4-5-17(13(6-9)14(18)19)12-3-2-10(8-16)7-11(12)15/h2-3,7,9,13H,4-6H2,1H3,(H,18,19).